The Morgan fingerprint density at radius 3 is 3.12 bits per heavy atom. The molecular weight excluding hydrogens is 224 g/mol. The van der Waals surface area contributed by atoms with E-state index in [1.165, 1.54) is 6.33 Å². The standard InChI is InChI=1S/C10H18N4O3/c1-16-6-2-4-12-9(15)7-11-5-3-10-13-8-14-17-10/h8,11H,2-7H2,1H3,(H,12,15). The molecule has 0 aliphatic rings. The SMILES string of the molecule is COCCCNC(=O)CNCCc1ncno1. The summed E-state index contributed by atoms with van der Waals surface area (Å²) in [7, 11) is 1.64. The van der Waals surface area contributed by atoms with Gasteiger partial charge in [-0.1, -0.05) is 5.16 Å². The van der Waals surface area contributed by atoms with Crippen LogP contribution >= 0.6 is 0 Å². The summed E-state index contributed by atoms with van der Waals surface area (Å²) in [5.74, 6) is 0.546. The van der Waals surface area contributed by atoms with Gasteiger partial charge < -0.3 is 19.9 Å². The van der Waals surface area contributed by atoms with Crippen molar-refractivity contribution in [3.63, 3.8) is 0 Å². The maximum atomic E-state index is 11.3. The van der Waals surface area contributed by atoms with Gasteiger partial charge in [-0.15, -0.1) is 0 Å². The van der Waals surface area contributed by atoms with Gasteiger partial charge in [0.1, 0.15) is 0 Å². The second-order valence-electron chi connectivity index (χ2n) is 3.46. The molecule has 0 saturated heterocycles. The van der Waals surface area contributed by atoms with Gasteiger partial charge in [0.05, 0.1) is 6.54 Å². The zero-order valence-electron chi connectivity index (χ0n) is 9.94. The second-order valence-corrected chi connectivity index (χ2v) is 3.46. The van der Waals surface area contributed by atoms with Crippen molar-refractivity contribution in [2.75, 3.05) is 33.4 Å². The number of hydrogen-bond donors (Lipinski definition) is 2. The zero-order valence-corrected chi connectivity index (χ0v) is 9.94. The number of carbonyl (C=O) groups excluding carboxylic acids is 1. The predicted molar refractivity (Wildman–Crippen MR) is 60.4 cm³/mol. The fourth-order valence-corrected chi connectivity index (χ4v) is 1.21. The number of rotatable bonds is 9. The van der Waals surface area contributed by atoms with Gasteiger partial charge in [0.2, 0.25) is 11.8 Å². The minimum Gasteiger partial charge on any atom is -0.385 e. The van der Waals surface area contributed by atoms with Gasteiger partial charge in [-0.2, -0.15) is 4.98 Å². The summed E-state index contributed by atoms with van der Waals surface area (Å²) in [4.78, 5) is 15.2. The molecule has 17 heavy (non-hydrogen) atoms. The van der Waals surface area contributed by atoms with Crippen LogP contribution in [0, 0.1) is 0 Å². The monoisotopic (exact) mass is 242 g/mol. The van der Waals surface area contributed by atoms with E-state index in [9.17, 15) is 4.79 Å². The molecule has 0 saturated carbocycles. The Labute approximate surface area is 99.9 Å². The molecule has 0 bridgehead atoms. The number of aromatic nitrogens is 2. The van der Waals surface area contributed by atoms with Gasteiger partial charge in [-0.3, -0.25) is 4.79 Å². The predicted octanol–water partition coefficient (Wildman–Crippen LogP) is -0.646. The molecule has 0 unspecified atom stereocenters. The molecule has 1 amide bonds. The van der Waals surface area contributed by atoms with Crippen LogP contribution in [0.3, 0.4) is 0 Å². The third-order valence-corrected chi connectivity index (χ3v) is 2.06. The highest BCUT2D eigenvalue weighted by Crippen LogP contribution is 1.89. The first-order valence-electron chi connectivity index (χ1n) is 5.55. The molecule has 0 aliphatic carbocycles. The number of methoxy groups -OCH3 is 1. The van der Waals surface area contributed by atoms with Gasteiger partial charge in [-0.25, -0.2) is 0 Å². The Hall–Kier alpha value is -1.47. The van der Waals surface area contributed by atoms with Crippen LogP contribution in [0.1, 0.15) is 12.3 Å². The highest BCUT2D eigenvalue weighted by atomic mass is 16.5. The molecule has 7 heteroatoms. The van der Waals surface area contributed by atoms with Crippen molar-refractivity contribution in [2.24, 2.45) is 0 Å². The van der Waals surface area contributed by atoms with Crippen LogP contribution in [-0.2, 0) is 16.0 Å². The van der Waals surface area contributed by atoms with Crippen molar-refractivity contribution in [3.8, 4) is 0 Å². The highest BCUT2D eigenvalue weighted by molar-refractivity contribution is 5.77. The van der Waals surface area contributed by atoms with Crippen LogP contribution in [0.4, 0.5) is 0 Å². The van der Waals surface area contributed by atoms with Gasteiger partial charge >= 0.3 is 0 Å². The Morgan fingerprint density at radius 1 is 1.53 bits per heavy atom. The third kappa shape index (κ3) is 6.64. The lowest BCUT2D eigenvalue weighted by Crippen LogP contribution is -2.35. The van der Waals surface area contributed by atoms with Crippen LogP contribution < -0.4 is 10.6 Å². The average molecular weight is 242 g/mol. The molecule has 7 nitrogen and oxygen atoms in total. The molecule has 1 rings (SSSR count). The molecular formula is C10H18N4O3. The summed E-state index contributed by atoms with van der Waals surface area (Å²) in [6.07, 6.45) is 2.80. The summed E-state index contributed by atoms with van der Waals surface area (Å²) in [6, 6.07) is 0. The normalized spacial score (nSPS) is 10.4. The lowest BCUT2D eigenvalue weighted by Gasteiger charge is -2.05. The molecule has 96 valence electrons. The van der Waals surface area contributed by atoms with Crippen LogP contribution in [-0.4, -0.2) is 49.4 Å². The van der Waals surface area contributed by atoms with E-state index in [0.29, 0.717) is 38.6 Å². The summed E-state index contributed by atoms with van der Waals surface area (Å²) in [5, 5.41) is 9.26. The first-order chi connectivity index (χ1) is 8.33. The van der Waals surface area contributed by atoms with Crippen LogP contribution in [0.2, 0.25) is 0 Å². The number of amides is 1. The Balaban J connectivity index is 1.93. The van der Waals surface area contributed by atoms with E-state index in [0.717, 1.165) is 6.42 Å². The Kier molecular flexibility index (Phi) is 6.92. The number of nitrogens with one attached hydrogen (secondary N) is 2. The van der Waals surface area contributed by atoms with Gasteiger partial charge in [0.25, 0.3) is 0 Å². The average Bonchev–Trinajstić information content (AvgIpc) is 2.83. The molecule has 0 radical (unpaired) electrons. The van der Waals surface area contributed by atoms with E-state index < -0.39 is 0 Å². The van der Waals surface area contributed by atoms with Crippen molar-refractivity contribution >= 4 is 5.91 Å². The maximum absolute atomic E-state index is 11.3. The van der Waals surface area contributed by atoms with E-state index in [4.69, 9.17) is 9.26 Å². The van der Waals surface area contributed by atoms with Crippen molar-refractivity contribution in [2.45, 2.75) is 12.8 Å². The summed E-state index contributed by atoms with van der Waals surface area (Å²) in [5.41, 5.74) is 0. The van der Waals surface area contributed by atoms with E-state index in [1.54, 1.807) is 7.11 Å². The molecule has 1 aromatic rings. The lowest BCUT2D eigenvalue weighted by molar-refractivity contribution is -0.120. The number of ether oxygens (including phenoxy) is 1. The first kappa shape index (κ1) is 13.6. The maximum Gasteiger partial charge on any atom is 0.233 e. The van der Waals surface area contributed by atoms with E-state index in [1.807, 2.05) is 0 Å². The largest absolute Gasteiger partial charge is 0.385 e. The van der Waals surface area contributed by atoms with Gasteiger partial charge in [0.15, 0.2) is 6.33 Å². The Morgan fingerprint density at radius 2 is 2.41 bits per heavy atom. The summed E-state index contributed by atoms with van der Waals surface area (Å²) < 4.78 is 9.69. The topological polar surface area (TPSA) is 89.3 Å². The van der Waals surface area contributed by atoms with Gasteiger partial charge in [0, 0.05) is 33.2 Å². The Bertz CT molecular complexity index is 303. The fourth-order valence-electron chi connectivity index (χ4n) is 1.21. The second kappa shape index (κ2) is 8.66. The minimum absolute atomic E-state index is 0.0216. The molecule has 0 atom stereocenters. The quantitative estimate of drug-likeness (QED) is 0.560. The van der Waals surface area contributed by atoms with Crippen LogP contribution in [0.25, 0.3) is 0 Å². The van der Waals surface area contributed by atoms with Crippen LogP contribution in [0.15, 0.2) is 10.9 Å². The number of nitrogens with zero attached hydrogens (tertiary/aromatic N) is 2. The van der Waals surface area contributed by atoms with E-state index in [2.05, 4.69) is 20.8 Å². The zero-order chi connectivity index (χ0) is 12.3. The van der Waals surface area contributed by atoms with E-state index in [-0.39, 0.29) is 5.91 Å². The van der Waals surface area contributed by atoms with Gasteiger partial charge in [-0.05, 0) is 6.42 Å². The van der Waals surface area contributed by atoms with E-state index >= 15 is 0 Å². The molecule has 0 fully saturated rings. The van der Waals surface area contributed by atoms with Crippen molar-refractivity contribution in [3.05, 3.63) is 12.2 Å². The molecule has 0 spiro atoms. The van der Waals surface area contributed by atoms with Crippen molar-refractivity contribution in [1.29, 1.82) is 0 Å². The molecule has 2 N–H and O–H groups in total. The lowest BCUT2D eigenvalue weighted by atomic mass is 10.4. The third-order valence-electron chi connectivity index (χ3n) is 2.06. The van der Waals surface area contributed by atoms with Crippen LogP contribution in [0.5, 0.6) is 0 Å². The number of hydrogen-bond acceptors (Lipinski definition) is 6. The molecule has 1 aromatic heterocycles. The smallest absolute Gasteiger partial charge is 0.233 e. The van der Waals surface area contributed by atoms with Crippen molar-refractivity contribution in [1.82, 2.24) is 20.8 Å². The molecule has 1 heterocycles. The fraction of sp³-hybridized carbons (Fsp3) is 0.700. The molecule has 0 aromatic carbocycles. The highest BCUT2D eigenvalue weighted by Gasteiger charge is 2.01. The first-order valence-corrected chi connectivity index (χ1v) is 5.55. The number of carbonyl (C=O) groups is 1. The molecule has 0 aliphatic heterocycles. The summed E-state index contributed by atoms with van der Waals surface area (Å²) >= 11 is 0. The van der Waals surface area contributed by atoms with Crippen molar-refractivity contribution < 1.29 is 14.1 Å². The summed E-state index contributed by atoms with van der Waals surface area (Å²) in [6.45, 7) is 2.22. The minimum atomic E-state index is -0.0216.